The lowest BCUT2D eigenvalue weighted by Gasteiger charge is -2.21. The molecule has 5 nitrogen and oxygen atoms in total. The maximum atomic E-state index is 12.8. The van der Waals surface area contributed by atoms with Gasteiger partial charge in [0.2, 0.25) is 21.0 Å². The van der Waals surface area contributed by atoms with Crippen molar-refractivity contribution in [1.82, 2.24) is 4.98 Å². The number of aromatic amines is 1. The number of pyridine rings is 1. The molecule has 1 aliphatic rings. The van der Waals surface area contributed by atoms with Crippen molar-refractivity contribution in [2.45, 2.75) is 29.4 Å². The Morgan fingerprint density at radius 2 is 1.68 bits per heavy atom. The number of carbonyl (C=O) groups excluding carboxylic acids is 1. The van der Waals surface area contributed by atoms with E-state index in [9.17, 15) is 18.0 Å². The zero-order valence-corrected chi connectivity index (χ0v) is 14.2. The number of sulfone groups is 1. The fraction of sp³-hybridized carbons (Fsp3) is 0.200. The number of H-pyrrole nitrogens is 1. The van der Waals surface area contributed by atoms with Crippen molar-refractivity contribution in [3.8, 4) is 0 Å². The van der Waals surface area contributed by atoms with E-state index in [1.807, 2.05) is 19.6 Å². The molecule has 0 amide bonds. The number of benzene rings is 1. The van der Waals surface area contributed by atoms with Gasteiger partial charge in [-0.2, -0.15) is 0 Å². The van der Waals surface area contributed by atoms with Crippen molar-refractivity contribution in [3.05, 3.63) is 51.9 Å². The molecule has 3 rings (SSSR count). The van der Waals surface area contributed by atoms with E-state index in [2.05, 4.69) is 4.98 Å². The van der Waals surface area contributed by atoms with E-state index in [0.29, 0.717) is 5.19 Å². The highest BCUT2D eigenvalue weighted by Gasteiger charge is 2.39. The highest BCUT2D eigenvalue weighted by Crippen LogP contribution is 2.30. The summed E-state index contributed by atoms with van der Waals surface area (Å²) in [6.07, 6.45) is 1.49. The van der Waals surface area contributed by atoms with Gasteiger partial charge in [0.15, 0.2) is 0 Å². The predicted molar refractivity (Wildman–Crippen MR) is 85.4 cm³/mol. The fourth-order valence-electron chi connectivity index (χ4n) is 2.63. The van der Waals surface area contributed by atoms with Crippen LogP contribution in [0.1, 0.15) is 16.1 Å². The van der Waals surface area contributed by atoms with Crippen LogP contribution in [0.3, 0.4) is 0 Å². The van der Waals surface area contributed by atoms with Gasteiger partial charge >= 0.3 is 0 Å². The Labute approximate surface area is 128 Å². The van der Waals surface area contributed by atoms with Crippen LogP contribution in [0.5, 0.6) is 0 Å². The summed E-state index contributed by atoms with van der Waals surface area (Å²) in [5.41, 5.74) is -0.576. The molecule has 7 heteroatoms. The first kappa shape index (κ1) is 14.9. The summed E-state index contributed by atoms with van der Waals surface area (Å²) in [6.45, 7) is 5.86. The molecule has 0 saturated heterocycles. The molecule has 0 bridgehead atoms. The third kappa shape index (κ3) is 1.93. The molecule has 2 aromatic rings. The molecule has 0 spiro atoms. The molecule has 22 heavy (non-hydrogen) atoms. The van der Waals surface area contributed by atoms with Crippen LogP contribution in [0.15, 0.2) is 45.0 Å². The third-order valence-corrected chi connectivity index (χ3v) is 7.61. The first-order valence-corrected chi connectivity index (χ1v) is 11.8. The van der Waals surface area contributed by atoms with Crippen LogP contribution in [0, 0.1) is 0 Å². The summed E-state index contributed by atoms with van der Waals surface area (Å²) in [6, 6.07) is 5.98. The number of aromatic nitrogens is 1. The van der Waals surface area contributed by atoms with E-state index >= 15 is 0 Å². The van der Waals surface area contributed by atoms with Gasteiger partial charge in [-0.1, -0.05) is 31.8 Å². The largest absolute Gasteiger partial charge is 0.357 e. The Kier molecular flexibility index (Phi) is 3.05. The van der Waals surface area contributed by atoms with Gasteiger partial charge in [0.25, 0.3) is 0 Å². The first-order chi connectivity index (χ1) is 10.2. The maximum Gasteiger partial charge on any atom is 0.213 e. The molecule has 2 heterocycles. The van der Waals surface area contributed by atoms with Crippen LogP contribution in [0.25, 0.3) is 0 Å². The molecule has 0 atom stereocenters. The summed E-state index contributed by atoms with van der Waals surface area (Å²) >= 11 is 0. The summed E-state index contributed by atoms with van der Waals surface area (Å²) in [4.78, 5) is 27.5. The first-order valence-electron chi connectivity index (χ1n) is 6.80. The molecule has 0 fully saturated rings. The smallest absolute Gasteiger partial charge is 0.213 e. The minimum Gasteiger partial charge on any atom is -0.357 e. The van der Waals surface area contributed by atoms with Crippen molar-refractivity contribution < 1.29 is 13.2 Å². The number of hydrogen-bond acceptors (Lipinski definition) is 4. The SMILES string of the molecule is C[Si](C)(C)c1c[nH]c2c(c1=O)S(=O)(=O)c1ccccc1C2=O. The second-order valence-electron chi connectivity index (χ2n) is 6.31. The van der Waals surface area contributed by atoms with Crippen LogP contribution in [0.4, 0.5) is 0 Å². The van der Waals surface area contributed by atoms with Gasteiger partial charge in [-0.3, -0.25) is 9.59 Å². The molecule has 1 N–H and O–H groups in total. The Morgan fingerprint density at radius 3 is 2.32 bits per heavy atom. The van der Waals surface area contributed by atoms with Crippen LogP contribution in [-0.4, -0.2) is 27.3 Å². The highest BCUT2D eigenvalue weighted by atomic mass is 32.2. The van der Waals surface area contributed by atoms with Crippen LogP contribution < -0.4 is 10.6 Å². The zero-order chi connectivity index (χ0) is 16.3. The number of fused-ring (bicyclic) bond motifs is 2. The second kappa shape index (κ2) is 4.50. The molecule has 0 saturated carbocycles. The van der Waals surface area contributed by atoms with E-state index in [-0.39, 0.29) is 16.2 Å². The lowest BCUT2D eigenvalue weighted by atomic mass is 10.1. The van der Waals surface area contributed by atoms with Gasteiger partial charge in [0.05, 0.1) is 13.0 Å². The van der Waals surface area contributed by atoms with Crippen molar-refractivity contribution in [3.63, 3.8) is 0 Å². The number of ketones is 1. The monoisotopic (exact) mass is 333 g/mol. The molecule has 1 aromatic carbocycles. The molecule has 0 unspecified atom stereocenters. The Hall–Kier alpha value is -1.99. The molecular formula is C15H15NO4SSi. The average Bonchev–Trinajstić information content (AvgIpc) is 2.43. The van der Waals surface area contributed by atoms with E-state index in [1.54, 1.807) is 12.1 Å². The van der Waals surface area contributed by atoms with Gasteiger partial charge in [-0.25, -0.2) is 8.42 Å². The van der Waals surface area contributed by atoms with E-state index in [0.717, 1.165) is 0 Å². The molecule has 1 aliphatic heterocycles. The molecular weight excluding hydrogens is 318 g/mol. The van der Waals surface area contributed by atoms with Crippen molar-refractivity contribution in [2.75, 3.05) is 0 Å². The maximum absolute atomic E-state index is 12.8. The van der Waals surface area contributed by atoms with E-state index < -0.39 is 34.0 Å². The zero-order valence-electron chi connectivity index (χ0n) is 12.4. The fourth-order valence-corrected chi connectivity index (χ4v) is 5.73. The Bertz CT molecular complexity index is 968. The molecule has 0 radical (unpaired) electrons. The van der Waals surface area contributed by atoms with Gasteiger partial charge in [0, 0.05) is 16.9 Å². The lowest BCUT2D eigenvalue weighted by Crippen LogP contribution is -2.50. The van der Waals surface area contributed by atoms with Crippen LogP contribution >= 0.6 is 0 Å². The lowest BCUT2D eigenvalue weighted by molar-refractivity contribution is 0.102. The van der Waals surface area contributed by atoms with Gasteiger partial charge in [-0.05, 0) is 12.1 Å². The number of nitrogens with one attached hydrogen (secondary N) is 1. The van der Waals surface area contributed by atoms with Gasteiger partial charge in [0.1, 0.15) is 10.6 Å². The average molecular weight is 333 g/mol. The Morgan fingerprint density at radius 1 is 1.05 bits per heavy atom. The van der Waals surface area contributed by atoms with Gasteiger partial charge < -0.3 is 4.98 Å². The highest BCUT2D eigenvalue weighted by molar-refractivity contribution is 7.91. The van der Waals surface area contributed by atoms with E-state index in [1.165, 1.54) is 18.3 Å². The predicted octanol–water partition coefficient (Wildman–Crippen LogP) is 1.30. The molecule has 0 aliphatic carbocycles. The minimum atomic E-state index is -3.99. The summed E-state index contributed by atoms with van der Waals surface area (Å²) in [7, 11) is -6.02. The number of carbonyl (C=O) groups is 1. The van der Waals surface area contributed by atoms with E-state index in [4.69, 9.17) is 0 Å². The minimum absolute atomic E-state index is 0.0919. The van der Waals surface area contributed by atoms with Crippen molar-refractivity contribution in [2.24, 2.45) is 0 Å². The van der Waals surface area contributed by atoms with Gasteiger partial charge in [-0.15, -0.1) is 0 Å². The van der Waals surface area contributed by atoms with Crippen molar-refractivity contribution >= 4 is 28.9 Å². The molecule has 1 aromatic heterocycles. The second-order valence-corrected chi connectivity index (χ2v) is 13.2. The van der Waals surface area contributed by atoms with Crippen LogP contribution in [-0.2, 0) is 9.84 Å². The quantitative estimate of drug-likeness (QED) is 0.680. The number of rotatable bonds is 1. The standard InChI is InChI=1S/C15H15NO4SSi/c1-22(2,3)11-8-16-12-13(17)9-6-4-5-7-10(9)21(19,20)15(12)14(11)18/h4-8H,1-3H3,(H,16,18). The summed E-state index contributed by atoms with van der Waals surface area (Å²) in [5.74, 6) is -0.459. The molecule has 114 valence electrons. The normalized spacial score (nSPS) is 16.0. The summed E-state index contributed by atoms with van der Waals surface area (Å²) < 4.78 is 25.6. The Balaban J connectivity index is 2.46. The topological polar surface area (TPSA) is 84.1 Å². The van der Waals surface area contributed by atoms with Crippen molar-refractivity contribution in [1.29, 1.82) is 0 Å². The number of hydrogen-bond donors (Lipinski definition) is 1. The third-order valence-electron chi connectivity index (χ3n) is 3.76. The summed E-state index contributed by atoms with van der Waals surface area (Å²) in [5, 5.41) is 0.474. The van der Waals surface area contributed by atoms with Crippen LogP contribution in [0.2, 0.25) is 19.6 Å².